The van der Waals surface area contributed by atoms with Crippen molar-refractivity contribution in [2.45, 2.75) is 0 Å². The SMILES string of the molecule is COc1cc(OC)c(NC(=O)C=Cc2ccsc2)cc1Cl. The van der Waals surface area contributed by atoms with Gasteiger partial charge in [-0.3, -0.25) is 4.79 Å². The monoisotopic (exact) mass is 323 g/mol. The lowest BCUT2D eigenvalue weighted by Crippen LogP contribution is -2.09. The van der Waals surface area contributed by atoms with E-state index in [0.29, 0.717) is 22.2 Å². The molecule has 0 aliphatic carbocycles. The first-order valence-corrected chi connectivity index (χ1v) is 7.39. The number of ether oxygens (including phenoxy) is 2. The molecule has 0 aliphatic heterocycles. The first-order chi connectivity index (χ1) is 10.1. The number of benzene rings is 1. The molecular weight excluding hydrogens is 310 g/mol. The molecule has 1 heterocycles. The summed E-state index contributed by atoms with van der Waals surface area (Å²) in [4.78, 5) is 11.9. The van der Waals surface area contributed by atoms with Crippen LogP contribution in [0.25, 0.3) is 6.08 Å². The molecule has 0 fully saturated rings. The van der Waals surface area contributed by atoms with E-state index in [0.717, 1.165) is 5.56 Å². The minimum Gasteiger partial charge on any atom is -0.495 e. The Morgan fingerprint density at radius 2 is 2.05 bits per heavy atom. The molecule has 1 aromatic heterocycles. The standard InChI is InChI=1S/C15H14ClNO3S/c1-19-13-8-14(20-2)12(7-11(13)16)17-15(18)4-3-10-5-6-21-9-10/h3-9H,1-2H3,(H,17,18). The number of thiophene rings is 1. The number of carbonyl (C=O) groups is 1. The van der Waals surface area contributed by atoms with E-state index in [1.54, 1.807) is 29.5 Å². The van der Waals surface area contributed by atoms with Crippen molar-refractivity contribution in [1.29, 1.82) is 0 Å². The van der Waals surface area contributed by atoms with Gasteiger partial charge < -0.3 is 14.8 Å². The van der Waals surface area contributed by atoms with E-state index < -0.39 is 0 Å². The summed E-state index contributed by atoms with van der Waals surface area (Å²) in [6, 6.07) is 5.15. The number of methoxy groups -OCH3 is 2. The van der Waals surface area contributed by atoms with Crippen molar-refractivity contribution < 1.29 is 14.3 Å². The van der Waals surface area contributed by atoms with Crippen LogP contribution in [0.15, 0.2) is 35.0 Å². The summed E-state index contributed by atoms with van der Waals surface area (Å²) in [5, 5.41) is 7.03. The van der Waals surface area contributed by atoms with Crippen LogP contribution >= 0.6 is 22.9 Å². The maximum absolute atomic E-state index is 11.9. The van der Waals surface area contributed by atoms with Gasteiger partial charge in [-0.05, 0) is 34.5 Å². The molecule has 0 bridgehead atoms. The highest BCUT2D eigenvalue weighted by Crippen LogP contribution is 2.35. The second kappa shape index (κ2) is 7.15. The normalized spacial score (nSPS) is 10.6. The molecule has 4 nitrogen and oxygen atoms in total. The third-order valence-electron chi connectivity index (χ3n) is 2.70. The Labute approximate surface area is 132 Å². The van der Waals surface area contributed by atoms with Crippen LogP contribution in [0.5, 0.6) is 11.5 Å². The fraction of sp³-hybridized carbons (Fsp3) is 0.133. The summed E-state index contributed by atoms with van der Waals surface area (Å²) in [6.45, 7) is 0. The van der Waals surface area contributed by atoms with Crippen LogP contribution in [-0.2, 0) is 4.79 Å². The summed E-state index contributed by atoms with van der Waals surface area (Å²) in [5.74, 6) is 0.703. The van der Waals surface area contributed by atoms with Crippen molar-refractivity contribution in [1.82, 2.24) is 0 Å². The molecule has 0 saturated heterocycles. The highest BCUT2D eigenvalue weighted by atomic mass is 35.5. The maximum Gasteiger partial charge on any atom is 0.248 e. The second-order valence-electron chi connectivity index (χ2n) is 4.07. The zero-order chi connectivity index (χ0) is 15.2. The van der Waals surface area contributed by atoms with E-state index in [1.807, 2.05) is 16.8 Å². The van der Waals surface area contributed by atoms with Gasteiger partial charge >= 0.3 is 0 Å². The van der Waals surface area contributed by atoms with Crippen molar-refractivity contribution in [3.8, 4) is 11.5 Å². The first kappa shape index (κ1) is 15.4. The molecule has 0 radical (unpaired) electrons. The van der Waals surface area contributed by atoms with Gasteiger partial charge in [-0.15, -0.1) is 0 Å². The van der Waals surface area contributed by atoms with Gasteiger partial charge in [0.05, 0.1) is 24.9 Å². The molecule has 21 heavy (non-hydrogen) atoms. The quantitative estimate of drug-likeness (QED) is 0.844. The van der Waals surface area contributed by atoms with Gasteiger partial charge in [-0.2, -0.15) is 11.3 Å². The Bertz CT molecular complexity index is 653. The Hall–Kier alpha value is -1.98. The van der Waals surface area contributed by atoms with E-state index in [4.69, 9.17) is 21.1 Å². The molecule has 6 heteroatoms. The zero-order valence-electron chi connectivity index (χ0n) is 11.6. The van der Waals surface area contributed by atoms with Crippen molar-refractivity contribution in [3.05, 3.63) is 45.6 Å². The van der Waals surface area contributed by atoms with Gasteiger partial charge in [0.25, 0.3) is 0 Å². The van der Waals surface area contributed by atoms with Crippen LogP contribution in [0.4, 0.5) is 5.69 Å². The lowest BCUT2D eigenvalue weighted by Gasteiger charge is -2.12. The molecule has 1 N–H and O–H groups in total. The Morgan fingerprint density at radius 1 is 1.29 bits per heavy atom. The Morgan fingerprint density at radius 3 is 2.67 bits per heavy atom. The number of halogens is 1. The van der Waals surface area contributed by atoms with Gasteiger partial charge in [0.15, 0.2) is 0 Å². The highest BCUT2D eigenvalue weighted by Gasteiger charge is 2.11. The summed E-state index contributed by atoms with van der Waals surface area (Å²) in [7, 11) is 3.03. The van der Waals surface area contributed by atoms with Crippen LogP contribution in [0, 0.1) is 0 Å². The molecule has 0 spiro atoms. The van der Waals surface area contributed by atoms with Crippen LogP contribution in [-0.4, -0.2) is 20.1 Å². The molecule has 2 aromatic rings. The molecule has 110 valence electrons. The lowest BCUT2D eigenvalue weighted by atomic mass is 10.2. The van der Waals surface area contributed by atoms with Crippen molar-refractivity contribution in [2.24, 2.45) is 0 Å². The highest BCUT2D eigenvalue weighted by molar-refractivity contribution is 7.08. The third kappa shape index (κ3) is 4.00. The predicted molar refractivity (Wildman–Crippen MR) is 86.5 cm³/mol. The molecule has 0 unspecified atom stereocenters. The smallest absolute Gasteiger partial charge is 0.248 e. The number of hydrogen-bond donors (Lipinski definition) is 1. The summed E-state index contributed by atoms with van der Waals surface area (Å²) >= 11 is 7.62. The number of rotatable bonds is 5. The van der Waals surface area contributed by atoms with E-state index in [-0.39, 0.29) is 5.91 Å². The number of carbonyl (C=O) groups excluding carboxylic acids is 1. The summed E-state index contributed by atoms with van der Waals surface area (Å²) < 4.78 is 10.3. The third-order valence-corrected chi connectivity index (χ3v) is 3.70. The number of nitrogens with one attached hydrogen (secondary N) is 1. The fourth-order valence-corrected chi connectivity index (χ4v) is 2.54. The van der Waals surface area contributed by atoms with E-state index in [9.17, 15) is 4.79 Å². The molecule has 0 aliphatic rings. The van der Waals surface area contributed by atoms with E-state index >= 15 is 0 Å². The van der Waals surface area contributed by atoms with E-state index in [2.05, 4.69) is 5.32 Å². The summed E-state index contributed by atoms with van der Waals surface area (Å²) in [6.07, 6.45) is 3.20. The molecule has 0 saturated carbocycles. The predicted octanol–water partition coefficient (Wildman–Crippen LogP) is 4.07. The largest absolute Gasteiger partial charge is 0.495 e. The van der Waals surface area contributed by atoms with Crippen molar-refractivity contribution >= 4 is 40.6 Å². The summed E-state index contributed by atoms with van der Waals surface area (Å²) in [5.41, 5.74) is 1.47. The second-order valence-corrected chi connectivity index (χ2v) is 5.25. The Balaban J connectivity index is 2.15. The van der Waals surface area contributed by atoms with Crippen molar-refractivity contribution in [2.75, 3.05) is 19.5 Å². The minimum atomic E-state index is -0.263. The average molecular weight is 324 g/mol. The fourth-order valence-electron chi connectivity index (χ4n) is 1.67. The minimum absolute atomic E-state index is 0.263. The number of amides is 1. The molecule has 0 atom stereocenters. The van der Waals surface area contributed by atoms with Crippen LogP contribution in [0.1, 0.15) is 5.56 Å². The van der Waals surface area contributed by atoms with Crippen molar-refractivity contribution in [3.63, 3.8) is 0 Å². The zero-order valence-corrected chi connectivity index (χ0v) is 13.1. The van der Waals surface area contributed by atoms with Gasteiger partial charge in [-0.1, -0.05) is 11.6 Å². The number of hydrogen-bond acceptors (Lipinski definition) is 4. The van der Waals surface area contributed by atoms with Crippen LogP contribution in [0.2, 0.25) is 5.02 Å². The van der Waals surface area contributed by atoms with Gasteiger partial charge in [0.2, 0.25) is 5.91 Å². The molecule has 1 amide bonds. The average Bonchev–Trinajstić information content (AvgIpc) is 2.99. The number of anilines is 1. The lowest BCUT2D eigenvalue weighted by molar-refractivity contribution is -0.111. The van der Waals surface area contributed by atoms with Crippen LogP contribution < -0.4 is 14.8 Å². The maximum atomic E-state index is 11.9. The molecule has 2 rings (SSSR count). The van der Waals surface area contributed by atoms with Gasteiger partial charge in [-0.25, -0.2) is 0 Å². The Kier molecular flexibility index (Phi) is 5.25. The van der Waals surface area contributed by atoms with Gasteiger partial charge in [0.1, 0.15) is 11.5 Å². The topological polar surface area (TPSA) is 47.6 Å². The molecular formula is C15H14ClNO3S. The first-order valence-electron chi connectivity index (χ1n) is 6.07. The van der Waals surface area contributed by atoms with Crippen LogP contribution in [0.3, 0.4) is 0 Å². The molecule has 1 aromatic carbocycles. The van der Waals surface area contributed by atoms with Gasteiger partial charge in [0, 0.05) is 12.1 Å². The van der Waals surface area contributed by atoms with E-state index in [1.165, 1.54) is 20.3 Å².